The van der Waals surface area contributed by atoms with Gasteiger partial charge in [0.1, 0.15) is 5.82 Å². The zero-order valence-electron chi connectivity index (χ0n) is 18.3. The Morgan fingerprint density at radius 3 is 2.62 bits per heavy atom. The molecule has 0 radical (unpaired) electrons. The van der Waals surface area contributed by atoms with Crippen molar-refractivity contribution in [1.29, 1.82) is 0 Å². The summed E-state index contributed by atoms with van der Waals surface area (Å²) in [6.45, 7) is 3.94. The summed E-state index contributed by atoms with van der Waals surface area (Å²) < 4.78 is 0. The highest BCUT2D eigenvalue weighted by atomic mass is 16.3. The summed E-state index contributed by atoms with van der Waals surface area (Å²) in [7, 11) is 0. The van der Waals surface area contributed by atoms with E-state index in [1.807, 2.05) is 30.3 Å². The molecule has 3 aromatic rings. The van der Waals surface area contributed by atoms with Crippen molar-refractivity contribution >= 4 is 16.9 Å². The number of likely N-dealkylation sites (tertiary alicyclic amines) is 2. The van der Waals surface area contributed by atoms with Crippen molar-refractivity contribution in [3.8, 4) is 0 Å². The van der Waals surface area contributed by atoms with Crippen LogP contribution in [0.4, 0.5) is 0 Å². The molecule has 1 amide bonds. The molecule has 3 N–H and O–H groups in total. The normalized spacial score (nSPS) is 23.0. The highest BCUT2D eigenvalue weighted by Crippen LogP contribution is 2.27. The molecule has 2 saturated heterocycles. The van der Waals surface area contributed by atoms with E-state index in [9.17, 15) is 9.90 Å². The molecule has 2 fully saturated rings. The number of hydrogen-bond donors (Lipinski definition) is 3. The fraction of sp³-hybridized carbons (Fsp3) is 0.440. The number of carbonyl (C=O) groups is 1. The monoisotopic (exact) mass is 433 g/mol. The van der Waals surface area contributed by atoms with E-state index in [1.165, 1.54) is 5.56 Å². The second-order valence-corrected chi connectivity index (χ2v) is 9.01. The second kappa shape index (κ2) is 9.40. The zero-order chi connectivity index (χ0) is 21.9. The molecule has 5 rings (SSSR count). The minimum atomic E-state index is -0.445. The van der Waals surface area contributed by atoms with Gasteiger partial charge in [-0.15, -0.1) is 0 Å². The number of nitrogens with one attached hydrogen (secondary N) is 2. The van der Waals surface area contributed by atoms with Crippen molar-refractivity contribution in [3.63, 3.8) is 0 Å². The van der Waals surface area contributed by atoms with Crippen molar-refractivity contribution in [3.05, 3.63) is 66.0 Å². The summed E-state index contributed by atoms with van der Waals surface area (Å²) in [4.78, 5) is 25.5. The van der Waals surface area contributed by atoms with Gasteiger partial charge in [0.25, 0.3) is 0 Å². The Balaban J connectivity index is 1.16. The predicted molar refractivity (Wildman–Crippen MR) is 124 cm³/mol. The fourth-order valence-electron chi connectivity index (χ4n) is 5.13. The van der Waals surface area contributed by atoms with Crippen molar-refractivity contribution in [2.45, 2.75) is 50.5 Å². The number of hydrogen-bond acceptors (Lipinski definition) is 5. The summed E-state index contributed by atoms with van der Waals surface area (Å²) in [5.74, 6) is 0.729. The van der Waals surface area contributed by atoms with Crippen molar-refractivity contribution in [1.82, 2.24) is 25.1 Å². The van der Waals surface area contributed by atoms with E-state index < -0.39 is 6.10 Å². The molecular weight excluding hydrogens is 402 g/mol. The Morgan fingerprint density at radius 2 is 1.84 bits per heavy atom. The molecule has 2 aliphatic rings. The van der Waals surface area contributed by atoms with Crippen LogP contribution in [0.3, 0.4) is 0 Å². The number of H-pyrrole nitrogens is 1. The largest absolute Gasteiger partial charge is 0.392 e. The number of rotatable bonds is 6. The van der Waals surface area contributed by atoms with E-state index in [0.29, 0.717) is 25.6 Å². The third-order valence-corrected chi connectivity index (χ3v) is 6.76. The van der Waals surface area contributed by atoms with E-state index in [2.05, 4.69) is 49.4 Å². The Labute approximate surface area is 188 Å². The number of amides is 1. The maximum atomic E-state index is 13.0. The number of carbonyl (C=O) groups excluding carboxylic acids is 1. The van der Waals surface area contributed by atoms with E-state index in [1.54, 1.807) is 0 Å². The maximum absolute atomic E-state index is 13.0. The first kappa shape index (κ1) is 21.1. The summed E-state index contributed by atoms with van der Waals surface area (Å²) in [6, 6.07) is 18.5. The van der Waals surface area contributed by atoms with Crippen LogP contribution in [0, 0.1) is 0 Å². The molecule has 32 heavy (non-hydrogen) atoms. The van der Waals surface area contributed by atoms with Crippen molar-refractivity contribution < 1.29 is 9.90 Å². The molecule has 2 atom stereocenters. The lowest BCUT2D eigenvalue weighted by Crippen LogP contribution is -2.51. The molecule has 0 saturated carbocycles. The summed E-state index contributed by atoms with van der Waals surface area (Å²) >= 11 is 0. The van der Waals surface area contributed by atoms with Crippen LogP contribution in [-0.2, 0) is 17.9 Å². The third-order valence-electron chi connectivity index (χ3n) is 6.76. The van der Waals surface area contributed by atoms with Crippen LogP contribution < -0.4 is 5.32 Å². The Morgan fingerprint density at radius 1 is 1.09 bits per heavy atom. The lowest BCUT2D eigenvalue weighted by Gasteiger charge is -2.38. The number of aromatic nitrogens is 2. The number of fused-ring (bicyclic) bond motifs is 1. The van der Waals surface area contributed by atoms with Gasteiger partial charge in [-0.3, -0.25) is 14.6 Å². The Kier molecular flexibility index (Phi) is 6.21. The minimum absolute atomic E-state index is 0.0197. The Bertz CT molecular complexity index is 1010. The lowest BCUT2D eigenvalue weighted by molar-refractivity contribution is -0.126. The molecule has 7 heteroatoms. The number of β-amino-alcohol motifs (C(OH)–C–C–N with tert-alkyl or cyclic N) is 1. The number of imidazole rings is 1. The van der Waals surface area contributed by atoms with Crippen molar-refractivity contribution in [2.24, 2.45) is 0 Å². The average molecular weight is 434 g/mol. The van der Waals surface area contributed by atoms with Gasteiger partial charge in [-0.2, -0.15) is 0 Å². The van der Waals surface area contributed by atoms with Gasteiger partial charge in [0, 0.05) is 19.1 Å². The zero-order valence-corrected chi connectivity index (χ0v) is 18.3. The van der Waals surface area contributed by atoms with Crippen LogP contribution in [0.2, 0.25) is 0 Å². The predicted octanol–water partition coefficient (Wildman–Crippen LogP) is 2.28. The van der Waals surface area contributed by atoms with Crippen LogP contribution in [-0.4, -0.2) is 68.6 Å². The highest BCUT2D eigenvalue weighted by molar-refractivity contribution is 5.82. The van der Waals surface area contributed by atoms with E-state index in [-0.39, 0.29) is 11.9 Å². The van der Waals surface area contributed by atoms with E-state index in [4.69, 9.17) is 0 Å². The van der Waals surface area contributed by atoms with Gasteiger partial charge in [-0.25, -0.2) is 4.98 Å². The van der Waals surface area contributed by atoms with Crippen LogP contribution in [0.25, 0.3) is 11.0 Å². The molecular formula is C25H31N5O2. The minimum Gasteiger partial charge on any atom is -0.392 e. The van der Waals surface area contributed by atoms with Crippen LogP contribution >= 0.6 is 0 Å². The van der Waals surface area contributed by atoms with Gasteiger partial charge < -0.3 is 15.4 Å². The van der Waals surface area contributed by atoms with E-state index in [0.717, 1.165) is 49.3 Å². The van der Waals surface area contributed by atoms with Gasteiger partial charge in [0.2, 0.25) is 5.91 Å². The third kappa shape index (κ3) is 4.70. The molecule has 0 aliphatic carbocycles. The van der Waals surface area contributed by atoms with Gasteiger partial charge in [-0.1, -0.05) is 42.5 Å². The molecule has 7 nitrogen and oxygen atoms in total. The number of aromatic amines is 1. The van der Waals surface area contributed by atoms with Crippen LogP contribution in [0.15, 0.2) is 54.6 Å². The number of aliphatic hydroxyl groups excluding tert-OH is 1. The quantitative estimate of drug-likeness (QED) is 0.556. The number of para-hydroxylation sites is 2. The van der Waals surface area contributed by atoms with E-state index >= 15 is 0 Å². The SMILES string of the molecule is O=C(NCc1nc2ccccc2[nH]1)[C@@H]1C[C@@H](O)CN1C1CCN(Cc2ccccc2)CC1. The van der Waals surface area contributed by atoms with Crippen molar-refractivity contribution in [2.75, 3.05) is 19.6 Å². The summed E-state index contributed by atoms with van der Waals surface area (Å²) in [5.41, 5.74) is 3.21. The maximum Gasteiger partial charge on any atom is 0.237 e. The molecule has 0 spiro atoms. The molecule has 3 heterocycles. The molecule has 1 aromatic heterocycles. The van der Waals surface area contributed by atoms with Gasteiger partial charge in [0.05, 0.1) is 29.7 Å². The van der Waals surface area contributed by atoms with Gasteiger partial charge in [-0.05, 0) is 50.0 Å². The summed E-state index contributed by atoms with van der Waals surface area (Å²) in [6.07, 6.45) is 2.09. The lowest BCUT2D eigenvalue weighted by atomic mass is 10.0. The Hall–Kier alpha value is -2.74. The number of nitrogens with zero attached hydrogens (tertiary/aromatic N) is 3. The van der Waals surface area contributed by atoms with Crippen LogP contribution in [0.1, 0.15) is 30.7 Å². The number of aliphatic hydroxyl groups is 1. The summed E-state index contributed by atoms with van der Waals surface area (Å²) in [5, 5.41) is 13.4. The van der Waals surface area contributed by atoms with Crippen LogP contribution in [0.5, 0.6) is 0 Å². The fourth-order valence-corrected chi connectivity index (χ4v) is 5.13. The number of benzene rings is 2. The first-order chi connectivity index (χ1) is 15.7. The standard InChI is InChI=1S/C25H31N5O2/c31-20-14-23(25(32)26-15-24-27-21-8-4-5-9-22(21)28-24)30(17-20)19-10-12-29(13-11-19)16-18-6-2-1-3-7-18/h1-9,19-20,23,31H,10-17H2,(H,26,32)(H,27,28)/t20-,23+/m1/s1. The molecule has 2 aliphatic heterocycles. The van der Waals surface area contributed by atoms with Gasteiger partial charge in [0.15, 0.2) is 0 Å². The molecule has 0 bridgehead atoms. The molecule has 168 valence electrons. The smallest absolute Gasteiger partial charge is 0.237 e. The van der Waals surface area contributed by atoms with Gasteiger partial charge >= 0.3 is 0 Å². The second-order valence-electron chi connectivity index (χ2n) is 9.01. The molecule has 0 unspecified atom stereocenters. The first-order valence-corrected chi connectivity index (χ1v) is 11.6. The topological polar surface area (TPSA) is 84.5 Å². The number of piperidine rings is 1. The highest BCUT2D eigenvalue weighted by Gasteiger charge is 2.40. The average Bonchev–Trinajstić information content (AvgIpc) is 3.42. The first-order valence-electron chi connectivity index (χ1n) is 11.6. The molecule has 2 aromatic carbocycles.